The molecule has 0 bridgehead atoms. The number of carbonyl (C=O) groups is 1. The van der Waals surface area contributed by atoms with Gasteiger partial charge in [-0.05, 0) is 31.2 Å². The summed E-state index contributed by atoms with van der Waals surface area (Å²) < 4.78 is 0. The van der Waals surface area contributed by atoms with Crippen LogP contribution < -0.4 is 4.90 Å². The largest absolute Gasteiger partial charge is 0.395 e. The lowest BCUT2D eigenvalue weighted by Crippen LogP contribution is -2.26. The molecule has 0 saturated heterocycles. The first-order valence-electron chi connectivity index (χ1n) is 5.26. The van der Waals surface area contributed by atoms with E-state index in [1.54, 1.807) is 25.1 Å². The third-order valence-electron chi connectivity index (χ3n) is 2.36. The van der Waals surface area contributed by atoms with Crippen LogP contribution in [0.3, 0.4) is 0 Å². The molecule has 0 heterocycles. The number of aliphatic hydroxyl groups is 1. The maximum Gasteiger partial charge on any atom is 0.159 e. The SMILES string of the molecule is C=CCN(CCO)c1ccc(C(C)=O)cc1. The van der Waals surface area contributed by atoms with Gasteiger partial charge >= 0.3 is 0 Å². The van der Waals surface area contributed by atoms with Crippen molar-refractivity contribution in [3.63, 3.8) is 0 Å². The number of Topliss-reactive ketones (excluding diaryl/α,β-unsaturated/α-hetero) is 1. The van der Waals surface area contributed by atoms with E-state index >= 15 is 0 Å². The van der Waals surface area contributed by atoms with Gasteiger partial charge in [0, 0.05) is 24.3 Å². The Labute approximate surface area is 96.0 Å². The van der Waals surface area contributed by atoms with Crippen LogP contribution in [0.4, 0.5) is 5.69 Å². The topological polar surface area (TPSA) is 40.5 Å². The molecule has 0 spiro atoms. The van der Waals surface area contributed by atoms with Crippen molar-refractivity contribution in [2.45, 2.75) is 6.92 Å². The molecule has 1 N–H and O–H groups in total. The zero-order valence-electron chi connectivity index (χ0n) is 9.52. The standard InChI is InChI=1S/C13H17NO2/c1-3-8-14(9-10-15)13-6-4-12(5-7-13)11(2)16/h3-7,15H,1,8-10H2,2H3. The highest BCUT2D eigenvalue weighted by molar-refractivity contribution is 5.94. The number of hydrogen-bond donors (Lipinski definition) is 1. The van der Waals surface area contributed by atoms with E-state index in [2.05, 4.69) is 6.58 Å². The fraction of sp³-hybridized carbons (Fsp3) is 0.308. The van der Waals surface area contributed by atoms with Gasteiger partial charge in [0.1, 0.15) is 0 Å². The van der Waals surface area contributed by atoms with E-state index in [4.69, 9.17) is 5.11 Å². The van der Waals surface area contributed by atoms with Crippen LogP contribution in [0.5, 0.6) is 0 Å². The summed E-state index contributed by atoms with van der Waals surface area (Å²) in [6.07, 6.45) is 1.79. The van der Waals surface area contributed by atoms with Crippen LogP contribution in [0, 0.1) is 0 Å². The molecule has 0 aliphatic carbocycles. The van der Waals surface area contributed by atoms with Crippen molar-refractivity contribution >= 4 is 11.5 Å². The number of rotatable bonds is 6. The highest BCUT2D eigenvalue weighted by Crippen LogP contribution is 2.15. The minimum atomic E-state index is 0.0592. The summed E-state index contributed by atoms with van der Waals surface area (Å²) >= 11 is 0. The van der Waals surface area contributed by atoms with Gasteiger partial charge < -0.3 is 10.0 Å². The van der Waals surface area contributed by atoms with Gasteiger partial charge in [0.05, 0.1) is 6.61 Å². The lowest BCUT2D eigenvalue weighted by atomic mass is 10.1. The summed E-state index contributed by atoms with van der Waals surface area (Å²) in [5.74, 6) is 0.0592. The van der Waals surface area contributed by atoms with E-state index in [1.165, 1.54) is 0 Å². The number of anilines is 1. The van der Waals surface area contributed by atoms with Gasteiger partial charge in [-0.25, -0.2) is 0 Å². The Kier molecular flexibility index (Phi) is 4.73. The Morgan fingerprint density at radius 3 is 2.50 bits per heavy atom. The lowest BCUT2D eigenvalue weighted by Gasteiger charge is -2.22. The highest BCUT2D eigenvalue weighted by atomic mass is 16.3. The zero-order chi connectivity index (χ0) is 12.0. The molecular formula is C13H17NO2. The normalized spacial score (nSPS) is 9.88. The summed E-state index contributed by atoms with van der Waals surface area (Å²) in [6, 6.07) is 7.36. The molecule has 0 aliphatic rings. The predicted octanol–water partition coefficient (Wildman–Crippen LogP) is 1.87. The monoisotopic (exact) mass is 219 g/mol. The van der Waals surface area contributed by atoms with Gasteiger partial charge in [-0.3, -0.25) is 4.79 Å². The minimum absolute atomic E-state index is 0.0592. The minimum Gasteiger partial charge on any atom is -0.395 e. The summed E-state index contributed by atoms with van der Waals surface area (Å²) in [4.78, 5) is 13.1. The van der Waals surface area contributed by atoms with E-state index in [-0.39, 0.29) is 12.4 Å². The van der Waals surface area contributed by atoms with E-state index in [9.17, 15) is 4.79 Å². The second-order valence-corrected chi connectivity index (χ2v) is 3.56. The van der Waals surface area contributed by atoms with E-state index < -0.39 is 0 Å². The summed E-state index contributed by atoms with van der Waals surface area (Å²) in [7, 11) is 0. The van der Waals surface area contributed by atoms with Crippen molar-refractivity contribution in [1.82, 2.24) is 0 Å². The van der Waals surface area contributed by atoms with Crippen molar-refractivity contribution in [3.05, 3.63) is 42.5 Å². The number of nitrogens with zero attached hydrogens (tertiary/aromatic N) is 1. The van der Waals surface area contributed by atoms with Gasteiger partial charge in [-0.1, -0.05) is 6.08 Å². The first-order chi connectivity index (χ1) is 7.69. The van der Waals surface area contributed by atoms with Crippen molar-refractivity contribution < 1.29 is 9.90 Å². The molecule has 0 aliphatic heterocycles. The molecule has 0 fully saturated rings. The Morgan fingerprint density at radius 1 is 1.44 bits per heavy atom. The molecule has 0 atom stereocenters. The Bertz CT molecular complexity index is 357. The molecule has 1 aromatic rings. The number of aliphatic hydroxyl groups excluding tert-OH is 1. The number of benzene rings is 1. The summed E-state index contributed by atoms with van der Waals surface area (Å²) in [5.41, 5.74) is 1.69. The Hall–Kier alpha value is -1.61. The van der Waals surface area contributed by atoms with E-state index in [1.807, 2.05) is 17.0 Å². The second kappa shape index (κ2) is 6.08. The van der Waals surface area contributed by atoms with Crippen LogP contribution >= 0.6 is 0 Å². The summed E-state index contributed by atoms with van der Waals surface area (Å²) in [5, 5.41) is 8.94. The molecule has 86 valence electrons. The maximum absolute atomic E-state index is 11.1. The predicted molar refractivity (Wildman–Crippen MR) is 65.9 cm³/mol. The van der Waals surface area contributed by atoms with Gasteiger partial charge in [-0.2, -0.15) is 0 Å². The van der Waals surface area contributed by atoms with Crippen LogP contribution in [0.25, 0.3) is 0 Å². The van der Waals surface area contributed by atoms with E-state index in [0.717, 1.165) is 5.69 Å². The third-order valence-corrected chi connectivity index (χ3v) is 2.36. The molecule has 1 aromatic carbocycles. The molecule has 0 saturated carbocycles. The lowest BCUT2D eigenvalue weighted by molar-refractivity contribution is 0.101. The van der Waals surface area contributed by atoms with Gasteiger partial charge in [0.25, 0.3) is 0 Å². The Balaban J connectivity index is 2.84. The smallest absolute Gasteiger partial charge is 0.159 e. The fourth-order valence-electron chi connectivity index (χ4n) is 1.51. The molecule has 1 rings (SSSR count). The van der Waals surface area contributed by atoms with Crippen molar-refractivity contribution in [3.8, 4) is 0 Å². The third kappa shape index (κ3) is 3.21. The van der Waals surface area contributed by atoms with Gasteiger partial charge in [-0.15, -0.1) is 6.58 Å². The zero-order valence-corrected chi connectivity index (χ0v) is 9.52. The van der Waals surface area contributed by atoms with Crippen LogP contribution in [0.15, 0.2) is 36.9 Å². The first kappa shape index (κ1) is 12.5. The highest BCUT2D eigenvalue weighted by Gasteiger charge is 2.05. The van der Waals surface area contributed by atoms with Crippen molar-refractivity contribution in [2.75, 3.05) is 24.6 Å². The fourth-order valence-corrected chi connectivity index (χ4v) is 1.51. The maximum atomic E-state index is 11.1. The molecule has 3 nitrogen and oxygen atoms in total. The quantitative estimate of drug-likeness (QED) is 0.586. The number of carbonyl (C=O) groups excluding carboxylic acids is 1. The van der Waals surface area contributed by atoms with Crippen LogP contribution in [-0.2, 0) is 0 Å². The van der Waals surface area contributed by atoms with Crippen molar-refractivity contribution in [1.29, 1.82) is 0 Å². The molecule has 3 heteroatoms. The first-order valence-corrected chi connectivity index (χ1v) is 5.26. The van der Waals surface area contributed by atoms with Gasteiger partial charge in [0.2, 0.25) is 0 Å². The van der Waals surface area contributed by atoms with Crippen LogP contribution in [-0.4, -0.2) is 30.6 Å². The van der Waals surface area contributed by atoms with E-state index in [0.29, 0.717) is 18.7 Å². The van der Waals surface area contributed by atoms with Crippen LogP contribution in [0.1, 0.15) is 17.3 Å². The average molecular weight is 219 g/mol. The summed E-state index contributed by atoms with van der Waals surface area (Å²) in [6.45, 7) is 6.56. The number of ketones is 1. The second-order valence-electron chi connectivity index (χ2n) is 3.56. The molecule has 0 unspecified atom stereocenters. The number of hydrogen-bond acceptors (Lipinski definition) is 3. The molecule has 0 radical (unpaired) electrons. The van der Waals surface area contributed by atoms with Crippen LogP contribution in [0.2, 0.25) is 0 Å². The Morgan fingerprint density at radius 2 is 2.06 bits per heavy atom. The molecular weight excluding hydrogens is 202 g/mol. The average Bonchev–Trinajstić information content (AvgIpc) is 2.29. The molecule has 16 heavy (non-hydrogen) atoms. The molecule has 0 amide bonds. The van der Waals surface area contributed by atoms with Gasteiger partial charge in [0.15, 0.2) is 5.78 Å². The van der Waals surface area contributed by atoms with Crippen molar-refractivity contribution in [2.24, 2.45) is 0 Å². The molecule has 0 aromatic heterocycles.